The minimum absolute atomic E-state index is 0.0419. The predicted molar refractivity (Wildman–Crippen MR) is 58.8 cm³/mol. The average Bonchev–Trinajstić information content (AvgIpc) is 2.26. The largest absolute Gasteiger partial charge is 0.392 e. The second-order valence-corrected chi connectivity index (χ2v) is 3.40. The van der Waals surface area contributed by atoms with Gasteiger partial charge in [-0.2, -0.15) is 0 Å². The van der Waals surface area contributed by atoms with Crippen molar-refractivity contribution in [1.82, 2.24) is 0 Å². The maximum Gasteiger partial charge on any atom is 0.0672 e. The summed E-state index contributed by atoms with van der Waals surface area (Å²) >= 11 is 0. The Hall–Kier alpha value is -1.26. The van der Waals surface area contributed by atoms with Gasteiger partial charge in [-0.05, 0) is 25.5 Å². The van der Waals surface area contributed by atoms with Crippen LogP contribution >= 0.6 is 0 Å². The van der Waals surface area contributed by atoms with Crippen LogP contribution in [0.1, 0.15) is 25.8 Å². The normalized spacial score (nSPS) is 13.9. The van der Waals surface area contributed by atoms with Gasteiger partial charge in [-0.1, -0.05) is 37.0 Å². The number of aliphatic hydroxyl groups excluding tert-OH is 1. The standard InChI is InChI=1S/C13H16O/c1-3-13(14)11(2)9-10-12-7-5-4-6-8-12/h4-8,11,13-14H,3H2,1-2H3. The molecular weight excluding hydrogens is 172 g/mol. The monoisotopic (exact) mass is 188 g/mol. The highest BCUT2D eigenvalue weighted by molar-refractivity contribution is 5.34. The maximum absolute atomic E-state index is 9.50. The van der Waals surface area contributed by atoms with Crippen LogP contribution in [0.25, 0.3) is 0 Å². The van der Waals surface area contributed by atoms with Crippen molar-refractivity contribution in [3.8, 4) is 11.8 Å². The van der Waals surface area contributed by atoms with Crippen LogP contribution in [0.15, 0.2) is 30.3 Å². The summed E-state index contributed by atoms with van der Waals surface area (Å²) in [5.74, 6) is 6.14. The van der Waals surface area contributed by atoms with E-state index in [4.69, 9.17) is 0 Å². The Morgan fingerprint density at radius 1 is 1.29 bits per heavy atom. The minimum Gasteiger partial charge on any atom is -0.392 e. The third-order valence-electron chi connectivity index (χ3n) is 2.21. The minimum atomic E-state index is -0.314. The van der Waals surface area contributed by atoms with Gasteiger partial charge < -0.3 is 5.11 Å². The van der Waals surface area contributed by atoms with Crippen LogP contribution in [0, 0.1) is 17.8 Å². The Labute approximate surface area is 85.8 Å². The molecule has 0 aliphatic heterocycles. The summed E-state index contributed by atoms with van der Waals surface area (Å²) in [5.41, 5.74) is 1.00. The van der Waals surface area contributed by atoms with Crippen LogP contribution in [0.5, 0.6) is 0 Å². The van der Waals surface area contributed by atoms with Gasteiger partial charge in [-0.3, -0.25) is 0 Å². The summed E-state index contributed by atoms with van der Waals surface area (Å²) in [7, 11) is 0. The molecule has 1 aromatic rings. The molecule has 0 saturated carbocycles. The molecule has 0 spiro atoms. The lowest BCUT2D eigenvalue weighted by Gasteiger charge is -2.09. The van der Waals surface area contributed by atoms with Gasteiger partial charge in [0.2, 0.25) is 0 Å². The molecular formula is C13H16O. The molecule has 0 bridgehead atoms. The summed E-state index contributed by atoms with van der Waals surface area (Å²) in [4.78, 5) is 0. The first-order valence-electron chi connectivity index (χ1n) is 4.98. The van der Waals surface area contributed by atoms with E-state index >= 15 is 0 Å². The molecule has 0 aromatic heterocycles. The third kappa shape index (κ3) is 3.24. The molecule has 14 heavy (non-hydrogen) atoms. The van der Waals surface area contributed by atoms with Gasteiger partial charge in [-0.25, -0.2) is 0 Å². The van der Waals surface area contributed by atoms with E-state index < -0.39 is 0 Å². The molecule has 0 aliphatic carbocycles. The van der Waals surface area contributed by atoms with Gasteiger partial charge in [-0.15, -0.1) is 0 Å². The van der Waals surface area contributed by atoms with Crippen molar-refractivity contribution in [2.75, 3.05) is 0 Å². The Morgan fingerprint density at radius 2 is 1.93 bits per heavy atom. The number of hydrogen-bond acceptors (Lipinski definition) is 1. The molecule has 1 rings (SSSR count). The fourth-order valence-electron chi connectivity index (χ4n) is 1.17. The van der Waals surface area contributed by atoms with Gasteiger partial charge in [0.25, 0.3) is 0 Å². The van der Waals surface area contributed by atoms with Crippen LogP contribution in [-0.2, 0) is 0 Å². The second-order valence-electron chi connectivity index (χ2n) is 3.40. The van der Waals surface area contributed by atoms with Crippen LogP contribution < -0.4 is 0 Å². The van der Waals surface area contributed by atoms with Crippen molar-refractivity contribution in [2.24, 2.45) is 5.92 Å². The van der Waals surface area contributed by atoms with Crippen molar-refractivity contribution < 1.29 is 5.11 Å². The lowest BCUT2D eigenvalue weighted by molar-refractivity contribution is 0.137. The molecule has 0 radical (unpaired) electrons. The number of hydrogen-bond donors (Lipinski definition) is 1. The summed E-state index contributed by atoms with van der Waals surface area (Å²) in [6, 6.07) is 9.83. The van der Waals surface area contributed by atoms with Crippen LogP contribution in [0.2, 0.25) is 0 Å². The molecule has 1 heteroatoms. The van der Waals surface area contributed by atoms with E-state index in [1.807, 2.05) is 44.2 Å². The lowest BCUT2D eigenvalue weighted by Crippen LogP contribution is -2.14. The Balaban J connectivity index is 2.64. The zero-order valence-corrected chi connectivity index (χ0v) is 8.70. The number of aliphatic hydroxyl groups is 1. The predicted octanol–water partition coefficient (Wildman–Crippen LogP) is 2.45. The summed E-state index contributed by atoms with van der Waals surface area (Å²) in [6.45, 7) is 3.91. The highest BCUT2D eigenvalue weighted by Gasteiger charge is 2.07. The van der Waals surface area contributed by atoms with E-state index in [0.717, 1.165) is 12.0 Å². The average molecular weight is 188 g/mol. The molecule has 1 aromatic carbocycles. The number of rotatable bonds is 2. The summed E-state index contributed by atoms with van der Waals surface area (Å²) < 4.78 is 0. The molecule has 2 unspecified atom stereocenters. The molecule has 74 valence electrons. The molecule has 0 heterocycles. The topological polar surface area (TPSA) is 20.2 Å². The Bertz CT molecular complexity index is 318. The maximum atomic E-state index is 9.50. The van der Waals surface area contributed by atoms with E-state index in [1.165, 1.54) is 0 Å². The first-order valence-corrected chi connectivity index (χ1v) is 4.98. The van der Waals surface area contributed by atoms with Crippen LogP contribution in [-0.4, -0.2) is 11.2 Å². The molecule has 1 N–H and O–H groups in total. The first-order chi connectivity index (χ1) is 6.74. The van der Waals surface area contributed by atoms with Crippen molar-refractivity contribution >= 4 is 0 Å². The fraction of sp³-hybridized carbons (Fsp3) is 0.385. The van der Waals surface area contributed by atoms with Crippen LogP contribution in [0.4, 0.5) is 0 Å². The molecule has 0 aliphatic rings. The molecule has 0 amide bonds. The van der Waals surface area contributed by atoms with E-state index in [2.05, 4.69) is 11.8 Å². The Kier molecular flexibility index (Phi) is 4.22. The highest BCUT2D eigenvalue weighted by Crippen LogP contribution is 2.05. The zero-order valence-electron chi connectivity index (χ0n) is 8.70. The van der Waals surface area contributed by atoms with Gasteiger partial charge in [0, 0.05) is 11.5 Å². The van der Waals surface area contributed by atoms with Crippen molar-refractivity contribution in [1.29, 1.82) is 0 Å². The first kappa shape index (κ1) is 10.8. The van der Waals surface area contributed by atoms with Gasteiger partial charge in [0.1, 0.15) is 0 Å². The molecule has 0 fully saturated rings. The Morgan fingerprint density at radius 3 is 2.50 bits per heavy atom. The van der Waals surface area contributed by atoms with Crippen LogP contribution in [0.3, 0.4) is 0 Å². The quantitative estimate of drug-likeness (QED) is 0.707. The summed E-state index contributed by atoms with van der Waals surface area (Å²) in [5, 5.41) is 9.50. The number of benzene rings is 1. The molecule has 2 atom stereocenters. The SMILES string of the molecule is CCC(O)C(C)C#Cc1ccccc1. The van der Waals surface area contributed by atoms with Gasteiger partial charge >= 0.3 is 0 Å². The lowest BCUT2D eigenvalue weighted by atomic mass is 10.0. The highest BCUT2D eigenvalue weighted by atomic mass is 16.3. The smallest absolute Gasteiger partial charge is 0.0672 e. The molecule has 1 nitrogen and oxygen atoms in total. The van der Waals surface area contributed by atoms with E-state index in [0.29, 0.717) is 0 Å². The fourth-order valence-corrected chi connectivity index (χ4v) is 1.17. The van der Waals surface area contributed by atoms with Crippen molar-refractivity contribution in [3.05, 3.63) is 35.9 Å². The second kappa shape index (κ2) is 5.47. The van der Waals surface area contributed by atoms with E-state index in [1.54, 1.807) is 0 Å². The van der Waals surface area contributed by atoms with Gasteiger partial charge in [0.15, 0.2) is 0 Å². The van der Waals surface area contributed by atoms with E-state index in [-0.39, 0.29) is 12.0 Å². The van der Waals surface area contributed by atoms with Crippen molar-refractivity contribution in [3.63, 3.8) is 0 Å². The van der Waals surface area contributed by atoms with E-state index in [9.17, 15) is 5.11 Å². The van der Waals surface area contributed by atoms with Gasteiger partial charge in [0.05, 0.1) is 6.10 Å². The summed E-state index contributed by atoms with van der Waals surface area (Å²) in [6.07, 6.45) is 0.441. The molecule has 0 saturated heterocycles. The third-order valence-corrected chi connectivity index (χ3v) is 2.21. The zero-order chi connectivity index (χ0) is 10.4. The van der Waals surface area contributed by atoms with Crippen molar-refractivity contribution in [2.45, 2.75) is 26.4 Å².